The molecule has 0 amide bonds. The van der Waals surface area contributed by atoms with Crippen LogP contribution in [0.3, 0.4) is 0 Å². The fourth-order valence-corrected chi connectivity index (χ4v) is 16.0. The third kappa shape index (κ3) is 26.9. The summed E-state index contributed by atoms with van der Waals surface area (Å²) in [5, 5.41) is 52.7. The number of esters is 4. The first-order valence-corrected chi connectivity index (χ1v) is 46.2. The normalized spacial score (nSPS) is 12.8. The molecule has 1 unspecified atom stereocenters. The zero-order valence-corrected chi connectivity index (χ0v) is 81.7. The second-order valence-electron chi connectivity index (χ2n) is 30.2. The molecule has 39 heteroatoms. The lowest BCUT2D eigenvalue weighted by Crippen LogP contribution is -2.26. The maximum Gasteiger partial charge on any atom is 0.347 e. The standard InChI is InChI=1S/C23H21N3O4S.C17H16N2O4S.C15H16O6.C14H13BrO5.C12H12O4.C10H8O3.C7H6O3.C3H5ClO/c1-3-28-22(27)21-20(26-10-9-25-23(26)31-21)19-11-16-14(2)17(6-7-18(16)30-19)29-13-15-5-4-8-24-12-15;1-3-22-16(21)15-14(19-7-6-18-17(19)24-15)13-8-10-9(2)11(20)4-5-12(10)23-13;1-3-19-15(17)8-12(16)14-7-10-6-11(20-9-18-2)4-5-13(10)21-14;1-3-19-14(18)12(15)13(17)11-6-8-7(2)9(16)4-5-10(8)20-11;1-8(13)12-6-9-5-10(15-7-14-2)3-4-11(9)16-12;1-6(11)10-5-7-4-8(12)2-3-9(7)13-10;8-4-5-3-6(9)1-2-7(5)10;1-3(5)2-4/h4-8,11-12H,3,9-10,13H2,1-2H3;4-5,8,20H,3,6-7H2,1-2H3;4-7H,3,8-9H2,1-2H3;4-6,12,16H,3H2,1-2H3;3-6H,7H2,1-2H3;2-5,12H,1H3;1-4,9-10H;2H2,1H3. The predicted molar refractivity (Wildman–Crippen MR) is 526 cm³/mol. The number of carbonyl (C=O) groups is 10. The van der Waals surface area contributed by atoms with Gasteiger partial charge >= 0.3 is 23.9 Å². The molecule has 732 valence electrons. The number of ether oxygens (including phenoxy) is 9. The Hall–Kier alpha value is -15.0. The van der Waals surface area contributed by atoms with E-state index in [2.05, 4.69) is 30.9 Å². The molecular weight excluding hydrogens is 1940 g/mol. The summed E-state index contributed by atoms with van der Waals surface area (Å²) in [5.74, 6) is 1.61. The number of amidine groups is 2. The minimum Gasteiger partial charge on any atom is -0.508 e. The smallest absolute Gasteiger partial charge is 0.347 e. The van der Waals surface area contributed by atoms with E-state index in [1.807, 2.05) is 66.1 Å². The Morgan fingerprint density at radius 1 is 0.500 bits per heavy atom. The van der Waals surface area contributed by atoms with Gasteiger partial charge < -0.3 is 104 Å². The van der Waals surface area contributed by atoms with E-state index in [0.717, 1.165) is 77.5 Å². The van der Waals surface area contributed by atoms with E-state index in [1.54, 1.807) is 133 Å². The van der Waals surface area contributed by atoms with E-state index >= 15 is 0 Å². The van der Waals surface area contributed by atoms with Crippen molar-refractivity contribution >= 4 is 198 Å². The van der Waals surface area contributed by atoms with E-state index in [-0.39, 0.29) is 114 Å². The molecule has 0 saturated carbocycles. The number of carbonyl (C=O) groups excluding carboxylic acids is 10. The van der Waals surface area contributed by atoms with Crippen LogP contribution in [0.25, 0.3) is 77.2 Å². The van der Waals surface area contributed by atoms with E-state index in [0.29, 0.717) is 135 Å². The number of furan rings is 6. The molecular formula is C101H97BrClN5O30S2. The van der Waals surface area contributed by atoms with Crippen molar-refractivity contribution in [2.45, 2.75) is 87.1 Å². The minimum absolute atomic E-state index is 0.0201. The number of methoxy groups -OCH3 is 2. The van der Waals surface area contributed by atoms with E-state index in [1.165, 1.54) is 87.8 Å². The lowest BCUT2D eigenvalue weighted by atomic mass is 10.1. The topological polar surface area (TPSA) is 478 Å². The van der Waals surface area contributed by atoms with Gasteiger partial charge in [0.1, 0.15) is 120 Å². The van der Waals surface area contributed by atoms with Gasteiger partial charge in [-0.2, -0.15) is 0 Å². The maximum atomic E-state index is 12.6. The molecule has 0 saturated heterocycles. The van der Waals surface area contributed by atoms with Gasteiger partial charge in [-0.1, -0.05) is 22.0 Å². The molecule has 4 aliphatic heterocycles. The van der Waals surface area contributed by atoms with Crippen molar-refractivity contribution in [1.29, 1.82) is 0 Å². The lowest BCUT2D eigenvalue weighted by molar-refractivity contribution is -0.142. The van der Waals surface area contributed by atoms with Gasteiger partial charge in [0.05, 0.1) is 51.0 Å². The fourth-order valence-electron chi connectivity index (χ4n) is 13.5. The molecule has 35 nitrogen and oxygen atoms in total. The number of rotatable bonds is 27. The van der Waals surface area contributed by atoms with Crippen molar-refractivity contribution < 1.29 is 143 Å². The Bertz CT molecular complexity index is 7060. The highest BCUT2D eigenvalue weighted by Crippen LogP contribution is 2.47. The number of alkyl halides is 2. The molecule has 14 aromatic rings. The Morgan fingerprint density at radius 3 is 1.42 bits per heavy atom. The van der Waals surface area contributed by atoms with Gasteiger partial charge in [0.15, 0.2) is 81.2 Å². The zero-order valence-electron chi connectivity index (χ0n) is 77.8. The van der Waals surface area contributed by atoms with E-state index < -0.39 is 28.3 Å². The number of phenols is 5. The third-order valence-corrected chi connectivity index (χ3v) is 23.7. The molecule has 4 aliphatic rings. The lowest BCUT2D eigenvalue weighted by Gasteiger charge is -2.14. The van der Waals surface area contributed by atoms with Crippen molar-refractivity contribution in [3.05, 3.63) is 242 Å². The van der Waals surface area contributed by atoms with Gasteiger partial charge in [-0.3, -0.25) is 53.3 Å². The van der Waals surface area contributed by atoms with Crippen LogP contribution in [0, 0.1) is 20.8 Å². The molecule has 0 bridgehead atoms. The van der Waals surface area contributed by atoms with Gasteiger partial charge in [0.2, 0.25) is 11.6 Å². The summed E-state index contributed by atoms with van der Waals surface area (Å²) in [6.07, 6.45) is 3.68. The first-order chi connectivity index (χ1) is 67.2. The SMILES string of the molecule is CC(=O)CCl.CC(=O)c1cc2cc(O)ccc2o1.CCOC(=O)C(Br)C(=O)c1cc2c(C)c(O)ccc2o1.CCOC(=O)C1=C(c2cc3c(C)c(O)ccc3o2)N2CCN=C2S1.CCOC(=O)C1=C(c2cc3c(C)c(OCc4cccnc4)ccc3o2)N2CCN=C2S1.CCOC(=O)CC(=O)c1cc2cc(OCOC)ccc2o1.COCOc1ccc2oc(C(C)=O)cc2c1.O=Cc1cc(O)ccc1O. The number of aromatic nitrogens is 1. The Balaban J connectivity index is 0.000000158. The summed E-state index contributed by atoms with van der Waals surface area (Å²) in [7, 11) is 3.09. The number of aromatic hydroxyl groups is 5. The number of aldehydes is 1. The molecule has 0 aliphatic carbocycles. The van der Waals surface area contributed by atoms with Crippen molar-refractivity contribution in [3.8, 4) is 46.0 Å². The average molecular weight is 2040 g/mol. The van der Waals surface area contributed by atoms with Crippen LogP contribution in [0.1, 0.15) is 141 Å². The molecule has 18 rings (SSSR count). The minimum atomic E-state index is -1.10. The monoisotopic (exact) mass is 2040 g/mol. The van der Waals surface area contributed by atoms with Crippen LogP contribution in [0.5, 0.6) is 46.0 Å². The highest BCUT2D eigenvalue weighted by molar-refractivity contribution is 9.10. The maximum absolute atomic E-state index is 12.6. The number of nitrogens with zero attached hydrogens (tertiary/aromatic N) is 5. The number of aliphatic imine (C=N–C) groups is 2. The second-order valence-corrected chi connectivity index (χ2v) is 33.3. The number of Topliss-reactive ketones (excluding diaryl/α,β-unsaturated/α-hetero) is 5. The molecule has 140 heavy (non-hydrogen) atoms. The number of ketones is 5. The summed E-state index contributed by atoms with van der Waals surface area (Å²) in [6.45, 7) is 21.5. The number of fused-ring (bicyclic) bond motifs is 8. The molecule has 0 spiro atoms. The van der Waals surface area contributed by atoms with Crippen molar-refractivity contribution in [1.82, 2.24) is 14.8 Å². The van der Waals surface area contributed by atoms with Gasteiger partial charge in [-0.25, -0.2) is 9.59 Å². The van der Waals surface area contributed by atoms with Crippen LogP contribution in [-0.4, -0.2) is 201 Å². The highest BCUT2D eigenvalue weighted by atomic mass is 79.9. The Kier molecular flexibility index (Phi) is 37.6. The number of thioether (sulfide) groups is 2. The number of pyridine rings is 1. The largest absolute Gasteiger partial charge is 0.508 e. The molecule has 5 N–H and O–H groups in total. The Labute approximate surface area is 821 Å². The quantitative estimate of drug-likeness (QED) is 0.00466. The van der Waals surface area contributed by atoms with Gasteiger partial charge in [0, 0.05) is 108 Å². The summed E-state index contributed by atoms with van der Waals surface area (Å²) in [4.78, 5) is 131. The first-order valence-electron chi connectivity index (χ1n) is 43.2. The van der Waals surface area contributed by atoms with Crippen LogP contribution >= 0.6 is 51.1 Å². The number of benzene rings is 7. The summed E-state index contributed by atoms with van der Waals surface area (Å²) < 4.78 is 79.8. The highest BCUT2D eigenvalue weighted by Gasteiger charge is 2.41. The number of halogens is 2. The van der Waals surface area contributed by atoms with Crippen molar-refractivity contribution in [3.63, 3.8) is 0 Å². The molecule has 7 aromatic carbocycles. The van der Waals surface area contributed by atoms with Crippen LogP contribution in [-0.2, 0) is 59.0 Å². The number of phenolic OH excluding ortho intramolecular Hbond substituents is 5. The van der Waals surface area contributed by atoms with E-state index in [9.17, 15) is 58.2 Å². The zero-order chi connectivity index (χ0) is 101. The van der Waals surface area contributed by atoms with E-state index in [4.69, 9.17) is 96.1 Å². The molecule has 1 atom stereocenters. The molecule has 7 aromatic heterocycles. The third-order valence-electron chi connectivity index (χ3n) is 20.3. The molecule has 0 fully saturated rings. The van der Waals surface area contributed by atoms with Crippen LogP contribution in [0.15, 0.2) is 216 Å². The van der Waals surface area contributed by atoms with Gasteiger partial charge in [-0.05, 0) is 231 Å². The number of aryl methyl sites for hydroxylation is 3. The first kappa shape index (κ1) is 105. The van der Waals surface area contributed by atoms with Crippen molar-refractivity contribution in [2.24, 2.45) is 9.98 Å². The van der Waals surface area contributed by atoms with Gasteiger partial charge in [-0.15, -0.1) is 11.6 Å². The average Bonchev–Trinajstić information content (AvgIpc) is 1.60. The Morgan fingerprint density at radius 2 is 0.943 bits per heavy atom. The predicted octanol–water partition coefficient (Wildman–Crippen LogP) is 19.7. The molecule has 11 heterocycles. The van der Waals surface area contributed by atoms with Crippen molar-refractivity contribution in [2.75, 3.05) is 86.3 Å². The van der Waals surface area contributed by atoms with Crippen LogP contribution in [0.4, 0.5) is 0 Å². The fraction of sp³-hybridized carbons (Fsp3) is 0.257. The van der Waals surface area contributed by atoms with Crippen LogP contribution in [0.2, 0.25) is 0 Å². The van der Waals surface area contributed by atoms with Gasteiger partial charge in [0.25, 0.3) is 0 Å². The summed E-state index contributed by atoms with van der Waals surface area (Å²) in [6, 6.07) is 43.3. The summed E-state index contributed by atoms with van der Waals surface area (Å²) in [5.41, 5.74) is 8.61. The second kappa shape index (κ2) is 49.9. The number of hydrogen-bond acceptors (Lipinski definition) is 37. The molecule has 0 radical (unpaired) electrons. The summed E-state index contributed by atoms with van der Waals surface area (Å²) >= 11 is 10.7. The van der Waals surface area contributed by atoms with Crippen LogP contribution < -0.4 is 14.2 Å². The number of hydrogen-bond donors (Lipinski definition) is 5.